The molecule has 0 unspecified atom stereocenters. The van der Waals surface area contributed by atoms with Crippen molar-refractivity contribution in [2.24, 2.45) is 0 Å². The summed E-state index contributed by atoms with van der Waals surface area (Å²) in [5.74, 6) is -4.30. The smallest absolute Gasteiger partial charge is 0.306 e. The van der Waals surface area contributed by atoms with Gasteiger partial charge in [-0.25, -0.2) is 9.87 Å². The summed E-state index contributed by atoms with van der Waals surface area (Å²) in [5.41, 5.74) is -0.786. The summed E-state index contributed by atoms with van der Waals surface area (Å²) in [6.07, 6.45) is 3.88. The number of halogens is 3. The summed E-state index contributed by atoms with van der Waals surface area (Å²) in [5, 5.41) is 4.80. The summed E-state index contributed by atoms with van der Waals surface area (Å²) in [6, 6.07) is 7.53. The molecule has 0 aliphatic rings. The maximum Gasteiger partial charge on any atom is 0.306 e. The van der Waals surface area contributed by atoms with Crippen molar-refractivity contribution in [3.05, 3.63) is 75.8 Å². The fraction of sp³-hybridized carbons (Fsp3) is 0.250. The van der Waals surface area contributed by atoms with Crippen LogP contribution in [0.2, 0.25) is 5.15 Å². The van der Waals surface area contributed by atoms with Crippen LogP contribution in [-0.4, -0.2) is 39.1 Å². The van der Waals surface area contributed by atoms with Gasteiger partial charge in [0.1, 0.15) is 17.4 Å². The third-order valence-corrected chi connectivity index (χ3v) is 5.38. The Kier molecular flexibility index (Phi) is 8.87. The minimum absolute atomic E-state index is 0.0357. The second-order valence-electron chi connectivity index (χ2n) is 6.64. The Bertz CT molecular complexity index is 1190. The van der Waals surface area contributed by atoms with E-state index in [2.05, 4.69) is 30.5 Å². The number of carbonyl (C=O) groups is 1. The molecule has 1 amide bonds. The number of alkyl halides is 2. The van der Waals surface area contributed by atoms with Crippen LogP contribution in [0.5, 0.6) is 0 Å². The maximum atomic E-state index is 14.4. The average Bonchev–Trinajstić information content (AvgIpc) is 2.84. The number of rotatable bonds is 11. The van der Waals surface area contributed by atoms with E-state index in [1.165, 1.54) is 31.5 Å². The molecule has 0 saturated heterocycles. The summed E-state index contributed by atoms with van der Waals surface area (Å²) < 4.78 is 34.4. The first kappa shape index (κ1) is 25.5. The Morgan fingerprint density at radius 2 is 2.00 bits per heavy atom. The lowest BCUT2D eigenvalue weighted by atomic mass is 10.2. The van der Waals surface area contributed by atoms with Crippen LogP contribution in [0.4, 0.5) is 14.6 Å². The van der Waals surface area contributed by atoms with E-state index in [1.54, 1.807) is 18.3 Å². The highest BCUT2D eigenvalue weighted by Gasteiger charge is 2.33. The molecular weight excluding hydrogens is 494 g/mol. The van der Waals surface area contributed by atoms with Crippen LogP contribution in [0.25, 0.3) is 0 Å². The Labute approximate surface area is 201 Å². The van der Waals surface area contributed by atoms with Crippen LogP contribution in [-0.2, 0) is 33.0 Å². The molecule has 0 atom stereocenters. The van der Waals surface area contributed by atoms with Crippen LogP contribution < -0.4 is 16.2 Å². The number of amides is 1. The van der Waals surface area contributed by atoms with Gasteiger partial charge >= 0.3 is 5.92 Å². The lowest BCUT2D eigenvalue weighted by Gasteiger charge is -2.17. The number of aromatic nitrogens is 4. The SMILES string of the molecule is COOSc1cccnc1CNC(=O)Cn1c(Cl)cnc(NCC(F)(F)c2ccccn2)c1=O. The fourth-order valence-corrected chi connectivity index (χ4v) is 3.37. The van der Waals surface area contributed by atoms with E-state index in [0.717, 1.165) is 22.8 Å². The van der Waals surface area contributed by atoms with Gasteiger partial charge in [-0.1, -0.05) is 17.7 Å². The highest BCUT2D eigenvalue weighted by atomic mass is 35.5. The van der Waals surface area contributed by atoms with Crippen molar-refractivity contribution in [3.8, 4) is 0 Å². The van der Waals surface area contributed by atoms with E-state index < -0.39 is 36.2 Å². The lowest BCUT2D eigenvalue weighted by Crippen LogP contribution is -2.35. The molecule has 180 valence electrons. The fourth-order valence-electron chi connectivity index (χ4n) is 2.68. The molecule has 0 aliphatic carbocycles. The largest absolute Gasteiger partial charge is 0.359 e. The first-order valence-corrected chi connectivity index (χ1v) is 10.8. The molecule has 0 radical (unpaired) electrons. The van der Waals surface area contributed by atoms with Crippen LogP contribution >= 0.6 is 23.6 Å². The van der Waals surface area contributed by atoms with Gasteiger partial charge in [0.25, 0.3) is 5.56 Å². The van der Waals surface area contributed by atoms with Crippen LogP contribution in [0, 0.1) is 0 Å². The molecule has 10 nitrogen and oxygen atoms in total. The second kappa shape index (κ2) is 11.8. The summed E-state index contributed by atoms with van der Waals surface area (Å²) in [7, 11) is 1.35. The lowest BCUT2D eigenvalue weighted by molar-refractivity contribution is -0.160. The molecule has 14 heteroatoms. The zero-order valence-electron chi connectivity index (χ0n) is 17.7. The highest BCUT2D eigenvalue weighted by molar-refractivity contribution is 7.94. The molecule has 3 rings (SSSR count). The van der Waals surface area contributed by atoms with Gasteiger partial charge < -0.3 is 10.6 Å². The molecular formula is C20H19ClF2N6O4S. The van der Waals surface area contributed by atoms with Gasteiger partial charge in [-0.15, -0.1) is 0 Å². The molecule has 34 heavy (non-hydrogen) atoms. The van der Waals surface area contributed by atoms with Gasteiger partial charge in [0.05, 0.1) is 49.0 Å². The van der Waals surface area contributed by atoms with Crippen LogP contribution in [0.1, 0.15) is 11.4 Å². The van der Waals surface area contributed by atoms with Crippen molar-refractivity contribution in [2.45, 2.75) is 23.9 Å². The molecule has 3 heterocycles. The monoisotopic (exact) mass is 512 g/mol. The van der Waals surface area contributed by atoms with E-state index in [0.29, 0.717) is 10.6 Å². The topological polar surface area (TPSA) is 120 Å². The number of nitrogens with zero attached hydrogens (tertiary/aromatic N) is 4. The van der Waals surface area contributed by atoms with Crippen molar-refractivity contribution in [1.82, 2.24) is 24.8 Å². The molecule has 0 bridgehead atoms. The number of hydrogen-bond acceptors (Lipinski definition) is 9. The number of carbonyl (C=O) groups excluding carboxylic acids is 1. The molecule has 2 N–H and O–H groups in total. The van der Waals surface area contributed by atoms with E-state index in [9.17, 15) is 18.4 Å². The third-order valence-electron chi connectivity index (χ3n) is 4.32. The molecule has 3 aromatic heterocycles. The van der Waals surface area contributed by atoms with E-state index in [4.69, 9.17) is 15.9 Å². The van der Waals surface area contributed by atoms with E-state index in [1.807, 2.05) is 0 Å². The summed E-state index contributed by atoms with van der Waals surface area (Å²) >= 11 is 6.94. The summed E-state index contributed by atoms with van der Waals surface area (Å²) in [6.45, 7) is -1.35. The minimum Gasteiger partial charge on any atom is -0.359 e. The van der Waals surface area contributed by atoms with Crippen molar-refractivity contribution in [1.29, 1.82) is 0 Å². The predicted octanol–water partition coefficient (Wildman–Crippen LogP) is 2.79. The van der Waals surface area contributed by atoms with Crippen molar-refractivity contribution >= 4 is 35.4 Å². The molecule has 3 aromatic rings. The number of nitrogens with one attached hydrogen (secondary N) is 2. The molecule has 0 fully saturated rings. The van der Waals surface area contributed by atoms with E-state index >= 15 is 0 Å². The second-order valence-corrected chi connectivity index (χ2v) is 7.77. The first-order valence-electron chi connectivity index (χ1n) is 9.68. The van der Waals surface area contributed by atoms with Gasteiger partial charge in [-0.2, -0.15) is 13.1 Å². The van der Waals surface area contributed by atoms with Gasteiger partial charge in [0.2, 0.25) is 5.91 Å². The summed E-state index contributed by atoms with van der Waals surface area (Å²) in [4.78, 5) is 41.9. The average molecular weight is 513 g/mol. The van der Waals surface area contributed by atoms with Crippen molar-refractivity contribution < 1.29 is 22.8 Å². The standard InChI is InChI=1S/C20H19ClF2N6O4S/c1-32-33-34-14-5-4-8-24-13(14)9-26-17(30)11-29-16(21)10-27-18(19(29)31)28-12-20(22,23)15-6-2-3-7-25-15/h2-8,10H,9,11-12H2,1H3,(H,26,30)(H,27,28). The zero-order chi connectivity index (χ0) is 24.6. The van der Waals surface area contributed by atoms with Crippen molar-refractivity contribution in [3.63, 3.8) is 0 Å². The first-order chi connectivity index (χ1) is 16.3. The maximum absolute atomic E-state index is 14.4. The Morgan fingerprint density at radius 3 is 2.74 bits per heavy atom. The third kappa shape index (κ3) is 6.70. The molecule has 0 aliphatic heterocycles. The molecule has 0 saturated carbocycles. The predicted molar refractivity (Wildman–Crippen MR) is 120 cm³/mol. The molecule has 0 aromatic carbocycles. The Hall–Kier alpha value is -3.13. The number of anilines is 1. The van der Waals surface area contributed by atoms with Gasteiger partial charge in [-0.3, -0.25) is 24.1 Å². The zero-order valence-corrected chi connectivity index (χ0v) is 19.3. The van der Waals surface area contributed by atoms with Gasteiger partial charge in [-0.05, 0) is 24.3 Å². The van der Waals surface area contributed by atoms with Crippen LogP contribution in [0.3, 0.4) is 0 Å². The Balaban J connectivity index is 1.66. The highest BCUT2D eigenvalue weighted by Crippen LogP contribution is 2.26. The quantitative estimate of drug-likeness (QED) is 0.227. The minimum atomic E-state index is -3.36. The number of hydrogen-bond donors (Lipinski definition) is 2. The van der Waals surface area contributed by atoms with Gasteiger partial charge in [0, 0.05) is 12.4 Å². The van der Waals surface area contributed by atoms with E-state index in [-0.39, 0.29) is 17.5 Å². The Morgan fingerprint density at radius 1 is 1.21 bits per heavy atom. The normalized spacial score (nSPS) is 11.3. The molecule has 0 spiro atoms. The van der Waals surface area contributed by atoms with Gasteiger partial charge in [0.15, 0.2) is 5.82 Å². The van der Waals surface area contributed by atoms with Crippen LogP contribution in [0.15, 0.2) is 58.6 Å². The van der Waals surface area contributed by atoms with Crippen molar-refractivity contribution in [2.75, 3.05) is 19.0 Å². The number of pyridine rings is 2.